The number of nitrogens with zero attached hydrogens (tertiary/aromatic N) is 2. The number of pyridine rings is 2. The van der Waals surface area contributed by atoms with Crippen molar-refractivity contribution in [1.82, 2.24) is 9.97 Å². The highest BCUT2D eigenvalue weighted by Crippen LogP contribution is 2.38. The molecular weight excluding hydrogens is 248 g/mol. The van der Waals surface area contributed by atoms with Gasteiger partial charge in [-0.3, -0.25) is 0 Å². The van der Waals surface area contributed by atoms with E-state index in [2.05, 4.69) is 9.97 Å². The van der Waals surface area contributed by atoms with Crippen LogP contribution in [0.3, 0.4) is 0 Å². The summed E-state index contributed by atoms with van der Waals surface area (Å²) in [7, 11) is 4.46. The largest absolute Gasteiger partial charge is 0.506 e. The molecule has 19 heavy (non-hydrogen) atoms. The van der Waals surface area contributed by atoms with Gasteiger partial charge in [0.05, 0.1) is 26.9 Å². The summed E-state index contributed by atoms with van der Waals surface area (Å²) in [6.45, 7) is 0. The third-order valence-electron chi connectivity index (χ3n) is 2.57. The Hall–Kier alpha value is -2.50. The minimum Gasteiger partial charge on any atom is -0.506 e. The highest BCUT2D eigenvalue weighted by molar-refractivity contribution is 5.72. The molecule has 2 heterocycles. The Kier molecular flexibility index (Phi) is 3.70. The third kappa shape index (κ3) is 2.37. The van der Waals surface area contributed by atoms with Crippen molar-refractivity contribution in [2.24, 2.45) is 0 Å². The Balaban J connectivity index is 2.62. The molecule has 0 bridgehead atoms. The zero-order chi connectivity index (χ0) is 13.8. The van der Waals surface area contributed by atoms with Crippen LogP contribution in [-0.2, 0) is 0 Å². The minimum absolute atomic E-state index is 0.0380. The van der Waals surface area contributed by atoms with Crippen LogP contribution in [0.5, 0.6) is 23.3 Å². The topological polar surface area (TPSA) is 73.7 Å². The number of ether oxygens (including phenoxy) is 3. The monoisotopic (exact) mass is 262 g/mol. The normalized spacial score (nSPS) is 10.1. The predicted octanol–water partition coefficient (Wildman–Crippen LogP) is 1.87. The zero-order valence-electron chi connectivity index (χ0n) is 10.9. The van der Waals surface area contributed by atoms with Gasteiger partial charge in [-0.15, -0.1) is 0 Å². The van der Waals surface area contributed by atoms with Crippen LogP contribution >= 0.6 is 0 Å². The summed E-state index contributed by atoms with van der Waals surface area (Å²) in [5.74, 6) is 0.967. The molecule has 0 unspecified atom stereocenters. The van der Waals surface area contributed by atoms with Crippen LogP contribution < -0.4 is 14.2 Å². The molecule has 0 spiro atoms. The van der Waals surface area contributed by atoms with Gasteiger partial charge in [-0.25, -0.2) is 9.97 Å². The molecule has 0 fully saturated rings. The van der Waals surface area contributed by atoms with Gasteiger partial charge in [-0.2, -0.15) is 0 Å². The maximum absolute atomic E-state index is 10.0. The van der Waals surface area contributed by atoms with Crippen LogP contribution in [0, 0.1) is 0 Å². The van der Waals surface area contributed by atoms with Crippen LogP contribution in [0.1, 0.15) is 0 Å². The summed E-state index contributed by atoms with van der Waals surface area (Å²) in [6.07, 6.45) is 1.60. The number of hydrogen-bond donors (Lipinski definition) is 1. The van der Waals surface area contributed by atoms with Crippen molar-refractivity contribution in [1.29, 1.82) is 0 Å². The van der Waals surface area contributed by atoms with E-state index in [0.29, 0.717) is 22.9 Å². The lowest BCUT2D eigenvalue weighted by atomic mass is 10.1. The van der Waals surface area contributed by atoms with Crippen molar-refractivity contribution >= 4 is 0 Å². The van der Waals surface area contributed by atoms with Crippen molar-refractivity contribution in [2.45, 2.75) is 0 Å². The van der Waals surface area contributed by atoms with Gasteiger partial charge >= 0.3 is 0 Å². The van der Waals surface area contributed by atoms with Gasteiger partial charge in [-0.05, 0) is 12.1 Å². The molecule has 2 aromatic rings. The average molecular weight is 262 g/mol. The first-order chi connectivity index (χ1) is 9.21. The van der Waals surface area contributed by atoms with Crippen LogP contribution in [-0.4, -0.2) is 36.4 Å². The Morgan fingerprint density at radius 3 is 2.42 bits per heavy atom. The summed E-state index contributed by atoms with van der Waals surface area (Å²) in [5.41, 5.74) is 0.894. The fourth-order valence-electron chi connectivity index (χ4n) is 1.69. The van der Waals surface area contributed by atoms with E-state index in [-0.39, 0.29) is 11.6 Å². The summed E-state index contributed by atoms with van der Waals surface area (Å²) in [4.78, 5) is 8.29. The summed E-state index contributed by atoms with van der Waals surface area (Å²) < 4.78 is 15.3. The van der Waals surface area contributed by atoms with Gasteiger partial charge < -0.3 is 19.3 Å². The van der Waals surface area contributed by atoms with Gasteiger partial charge in [0.25, 0.3) is 5.88 Å². The molecule has 100 valence electrons. The molecule has 0 radical (unpaired) electrons. The Bertz CT molecular complexity index is 587. The first kappa shape index (κ1) is 12.9. The van der Waals surface area contributed by atoms with Gasteiger partial charge in [0.1, 0.15) is 11.4 Å². The molecule has 0 saturated carbocycles. The molecule has 1 N–H and O–H groups in total. The lowest BCUT2D eigenvalue weighted by molar-refractivity contribution is 0.339. The summed E-state index contributed by atoms with van der Waals surface area (Å²) in [5, 5.41) is 10.0. The van der Waals surface area contributed by atoms with E-state index >= 15 is 0 Å². The van der Waals surface area contributed by atoms with Crippen LogP contribution in [0.2, 0.25) is 0 Å². The first-order valence-corrected chi connectivity index (χ1v) is 5.52. The number of hydrogen-bond acceptors (Lipinski definition) is 6. The molecule has 2 aromatic heterocycles. The Labute approximate surface area is 110 Å². The quantitative estimate of drug-likeness (QED) is 0.906. The van der Waals surface area contributed by atoms with Gasteiger partial charge in [0.2, 0.25) is 5.88 Å². The van der Waals surface area contributed by atoms with E-state index < -0.39 is 0 Å². The van der Waals surface area contributed by atoms with Crippen LogP contribution in [0.4, 0.5) is 0 Å². The third-order valence-corrected chi connectivity index (χ3v) is 2.57. The van der Waals surface area contributed by atoms with Gasteiger partial charge in [0.15, 0.2) is 5.75 Å². The summed E-state index contributed by atoms with van der Waals surface area (Å²) in [6, 6.07) is 4.92. The summed E-state index contributed by atoms with van der Waals surface area (Å²) >= 11 is 0. The number of aromatic nitrogens is 2. The van der Waals surface area contributed by atoms with Crippen molar-refractivity contribution in [3.63, 3.8) is 0 Å². The van der Waals surface area contributed by atoms with E-state index in [1.807, 2.05) is 0 Å². The van der Waals surface area contributed by atoms with E-state index in [1.54, 1.807) is 18.3 Å². The van der Waals surface area contributed by atoms with Gasteiger partial charge in [-0.1, -0.05) is 0 Å². The number of aromatic hydroxyl groups is 1. The zero-order valence-corrected chi connectivity index (χ0v) is 10.9. The molecule has 6 nitrogen and oxygen atoms in total. The molecule has 0 aromatic carbocycles. The smallest absolute Gasteiger partial charge is 0.257 e. The molecule has 6 heteroatoms. The fraction of sp³-hybridized carbons (Fsp3) is 0.231. The molecule has 0 saturated heterocycles. The molecule has 0 aliphatic carbocycles. The Morgan fingerprint density at radius 2 is 1.79 bits per heavy atom. The van der Waals surface area contributed by atoms with E-state index in [4.69, 9.17) is 14.2 Å². The van der Waals surface area contributed by atoms with E-state index in [1.165, 1.54) is 27.4 Å². The van der Waals surface area contributed by atoms with Crippen molar-refractivity contribution in [2.75, 3.05) is 21.3 Å². The predicted molar refractivity (Wildman–Crippen MR) is 68.8 cm³/mol. The van der Waals surface area contributed by atoms with Gasteiger partial charge in [0, 0.05) is 12.3 Å². The second-order valence-electron chi connectivity index (χ2n) is 3.63. The standard InChI is InChI=1S/C13H14N2O4/c1-17-10-7-9(16)11(15-13(10)19-3)8-5-4-6-14-12(8)18-2/h4-7,16H,1-3H3. The fourth-order valence-corrected chi connectivity index (χ4v) is 1.69. The van der Waals surface area contributed by atoms with E-state index in [0.717, 1.165) is 0 Å². The van der Waals surface area contributed by atoms with Crippen LogP contribution in [0.15, 0.2) is 24.4 Å². The highest BCUT2D eigenvalue weighted by atomic mass is 16.5. The number of rotatable bonds is 4. The van der Waals surface area contributed by atoms with Crippen LogP contribution in [0.25, 0.3) is 11.3 Å². The molecule has 0 atom stereocenters. The Morgan fingerprint density at radius 1 is 1.05 bits per heavy atom. The molecule has 0 amide bonds. The lowest BCUT2D eigenvalue weighted by Crippen LogP contribution is -1.97. The van der Waals surface area contributed by atoms with E-state index in [9.17, 15) is 5.11 Å². The maximum atomic E-state index is 10.0. The molecule has 0 aliphatic rings. The highest BCUT2D eigenvalue weighted by Gasteiger charge is 2.17. The molecule has 2 rings (SSSR count). The SMILES string of the molecule is COc1cc(O)c(-c2cccnc2OC)nc1OC. The average Bonchev–Trinajstić information content (AvgIpc) is 2.46. The lowest BCUT2D eigenvalue weighted by Gasteiger charge is -2.12. The second kappa shape index (κ2) is 5.43. The minimum atomic E-state index is -0.0380. The first-order valence-electron chi connectivity index (χ1n) is 5.52. The second-order valence-corrected chi connectivity index (χ2v) is 3.63. The maximum Gasteiger partial charge on any atom is 0.257 e. The number of methoxy groups -OCH3 is 3. The molecular formula is C13H14N2O4. The van der Waals surface area contributed by atoms with Crippen molar-refractivity contribution < 1.29 is 19.3 Å². The van der Waals surface area contributed by atoms with Crippen molar-refractivity contribution in [3.05, 3.63) is 24.4 Å². The van der Waals surface area contributed by atoms with Crippen molar-refractivity contribution in [3.8, 4) is 34.5 Å². The molecule has 0 aliphatic heterocycles.